The maximum atomic E-state index is 10.1. The van der Waals surface area contributed by atoms with Crippen LogP contribution in [0.1, 0.15) is 71.6 Å². The summed E-state index contributed by atoms with van der Waals surface area (Å²) in [7, 11) is 1.91. The molecule has 0 aromatic heterocycles. The van der Waals surface area contributed by atoms with Crippen LogP contribution in [0.3, 0.4) is 0 Å². The molecule has 0 heterocycles. The van der Waals surface area contributed by atoms with E-state index in [0.29, 0.717) is 16.9 Å². The smallest absolute Gasteiger partial charge is 0.0579 e. The van der Waals surface area contributed by atoms with Crippen LogP contribution >= 0.6 is 0 Å². The average molecular weight is 306 g/mol. The molecule has 4 rings (SSSR count). The molecule has 0 radical (unpaired) electrons. The fraction of sp³-hybridized carbons (Fsp3) is 1.00. The van der Waals surface area contributed by atoms with E-state index in [4.69, 9.17) is 4.74 Å². The minimum atomic E-state index is -0.0205. The molecule has 0 aliphatic heterocycles. The minimum absolute atomic E-state index is 0.0205. The number of rotatable bonds is 1. The highest BCUT2D eigenvalue weighted by atomic mass is 16.5. The Labute approximate surface area is 136 Å². The van der Waals surface area contributed by atoms with Gasteiger partial charge in [-0.15, -0.1) is 0 Å². The summed E-state index contributed by atoms with van der Waals surface area (Å²) in [4.78, 5) is 0. The second kappa shape index (κ2) is 5.21. The molecule has 4 saturated carbocycles. The maximum Gasteiger partial charge on any atom is 0.0579 e. The first-order chi connectivity index (χ1) is 10.5. The van der Waals surface area contributed by atoms with Crippen molar-refractivity contribution in [3.8, 4) is 0 Å². The van der Waals surface area contributed by atoms with E-state index in [9.17, 15) is 5.11 Å². The normalized spacial score (nSPS) is 57.8. The molecule has 126 valence electrons. The summed E-state index contributed by atoms with van der Waals surface area (Å²) in [6.45, 7) is 5.12. The molecule has 4 aliphatic rings. The molecular formula is C20H34O2. The summed E-state index contributed by atoms with van der Waals surface area (Å²) >= 11 is 0. The van der Waals surface area contributed by atoms with Crippen LogP contribution in [0.4, 0.5) is 0 Å². The van der Waals surface area contributed by atoms with Crippen LogP contribution in [0.15, 0.2) is 0 Å². The minimum Gasteiger partial charge on any atom is -0.393 e. The zero-order chi connectivity index (χ0) is 15.5. The zero-order valence-electron chi connectivity index (χ0n) is 14.7. The average Bonchev–Trinajstić information content (AvgIpc) is 2.85. The molecule has 2 heteroatoms. The monoisotopic (exact) mass is 306 g/mol. The molecule has 0 spiro atoms. The molecule has 0 bridgehead atoms. The molecule has 1 N–H and O–H groups in total. The highest BCUT2D eigenvalue weighted by molar-refractivity contribution is 5.08. The lowest BCUT2D eigenvalue weighted by atomic mass is 9.45. The Balaban J connectivity index is 1.60. The van der Waals surface area contributed by atoms with Gasteiger partial charge < -0.3 is 9.84 Å². The predicted molar refractivity (Wildman–Crippen MR) is 88.5 cm³/mol. The first-order valence-electron chi connectivity index (χ1n) is 9.67. The van der Waals surface area contributed by atoms with Crippen molar-refractivity contribution in [2.75, 3.05) is 7.11 Å². The van der Waals surface area contributed by atoms with Crippen LogP contribution in [-0.4, -0.2) is 24.4 Å². The number of fused-ring (bicyclic) bond motifs is 5. The number of ether oxygens (including phenoxy) is 1. The molecule has 0 saturated heterocycles. The molecule has 3 unspecified atom stereocenters. The summed E-state index contributed by atoms with van der Waals surface area (Å²) in [6.07, 6.45) is 12.1. The lowest BCUT2D eigenvalue weighted by Crippen LogP contribution is -2.53. The zero-order valence-corrected chi connectivity index (χ0v) is 14.7. The van der Waals surface area contributed by atoms with Crippen molar-refractivity contribution in [2.24, 2.45) is 34.5 Å². The van der Waals surface area contributed by atoms with Crippen molar-refractivity contribution >= 4 is 0 Å². The third-order valence-electron chi connectivity index (χ3n) is 8.70. The van der Waals surface area contributed by atoms with E-state index < -0.39 is 0 Å². The van der Waals surface area contributed by atoms with Crippen molar-refractivity contribution in [2.45, 2.75) is 83.8 Å². The Hall–Kier alpha value is -0.0800. The van der Waals surface area contributed by atoms with Gasteiger partial charge in [-0.3, -0.25) is 0 Å². The van der Waals surface area contributed by atoms with E-state index in [0.717, 1.165) is 36.5 Å². The Kier molecular flexibility index (Phi) is 3.66. The van der Waals surface area contributed by atoms with Crippen LogP contribution in [0.25, 0.3) is 0 Å². The van der Waals surface area contributed by atoms with E-state index >= 15 is 0 Å². The Morgan fingerprint density at radius 3 is 2.55 bits per heavy atom. The third kappa shape index (κ3) is 2.13. The standard InChI is InChI=1S/C20H34O2/c1-19-8-7-17-16(18(19)11-15(12-19)22-3)5-4-13-10-14(21)6-9-20(13,17)2/h13-18,21H,4-12H2,1-3H3/t13?,14?,15-,16+,17-,18?,19+,20-/m1/s1. The van der Waals surface area contributed by atoms with Gasteiger partial charge in [0.1, 0.15) is 0 Å². The third-order valence-corrected chi connectivity index (χ3v) is 8.70. The number of methoxy groups -OCH3 is 1. The first-order valence-corrected chi connectivity index (χ1v) is 9.67. The van der Waals surface area contributed by atoms with Gasteiger partial charge in [0, 0.05) is 7.11 Å². The number of hydrogen-bond donors (Lipinski definition) is 1. The topological polar surface area (TPSA) is 29.5 Å². The maximum absolute atomic E-state index is 10.1. The van der Waals surface area contributed by atoms with Crippen molar-refractivity contribution in [3.63, 3.8) is 0 Å². The SMILES string of the molecule is CO[C@@H]1CC2[C@H]3CCC4CC(O)CC[C@@]4(C)[C@@H]3CC[C@@]2(C)C1. The van der Waals surface area contributed by atoms with Gasteiger partial charge in [-0.05, 0) is 92.3 Å². The van der Waals surface area contributed by atoms with E-state index in [1.807, 2.05) is 7.11 Å². The molecule has 0 aromatic rings. The first kappa shape index (κ1) is 15.4. The predicted octanol–water partition coefficient (Wildman–Crippen LogP) is 4.41. The summed E-state index contributed by atoms with van der Waals surface area (Å²) in [5, 5.41) is 10.1. The summed E-state index contributed by atoms with van der Waals surface area (Å²) in [6, 6.07) is 0. The lowest BCUT2D eigenvalue weighted by Gasteiger charge is -2.60. The van der Waals surface area contributed by atoms with Crippen molar-refractivity contribution in [1.82, 2.24) is 0 Å². The van der Waals surface area contributed by atoms with Gasteiger partial charge >= 0.3 is 0 Å². The second-order valence-corrected chi connectivity index (χ2v) is 9.58. The molecule has 8 atom stereocenters. The summed E-state index contributed by atoms with van der Waals surface area (Å²) in [5.41, 5.74) is 1.05. The van der Waals surface area contributed by atoms with E-state index in [1.165, 1.54) is 44.9 Å². The highest BCUT2D eigenvalue weighted by Gasteiger charge is 2.59. The molecule has 4 fully saturated rings. The van der Waals surface area contributed by atoms with E-state index in [-0.39, 0.29) is 6.10 Å². The number of hydrogen-bond acceptors (Lipinski definition) is 2. The fourth-order valence-corrected chi connectivity index (χ4v) is 7.41. The van der Waals surface area contributed by atoms with Gasteiger partial charge in [0.05, 0.1) is 12.2 Å². The fourth-order valence-electron chi connectivity index (χ4n) is 7.41. The Morgan fingerprint density at radius 2 is 1.77 bits per heavy atom. The Morgan fingerprint density at radius 1 is 0.955 bits per heavy atom. The second-order valence-electron chi connectivity index (χ2n) is 9.58. The van der Waals surface area contributed by atoms with E-state index in [2.05, 4.69) is 13.8 Å². The van der Waals surface area contributed by atoms with Gasteiger partial charge in [-0.1, -0.05) is 13.8 Å². The summed E-state index contributed by atoms with van der Waals surface area (Å²) < 4.78 is 5.76. The van der Waals surface area contributed by atoms with Gasteiger partial charge in [0.2, 0.25) is 0 Å². The van der Waals surface area contributed by atoms with Gasteiger partial charge in [0.25, 0.3) is 0 Å². The molecule has 4 aliphatic carbocycles. The molecular weight excluding hydrogens is 272 g/mol. The van der Waals surface area contributed by atoms with Gasteiger partial charge in [0.15, 0.2) is 0 Å². The van der Waals surface area contributed by atoms with Gasteiger partial charge in [-0.2, -0.15) is 0 Å². The Bertz CT molecular complexity index is 435. The quantitative estimate of drug-likeness (QED) is 0.778. The van der Waals surface area contributed by atoms with Crippen molar-refractivity contribution in [3.05, 3.63) is 0 Å². The molecule has 22 heavy (non-hydrogen) atoms. The highest BCUT2D eigenvalue weighted by Crippen LogP contribution is 2.66. The van der Waals surface area contributed by atoms with Crippen molar-refractivity contribution < 1.29 is 9.84 Å². The van der Waals surface area contributed by atoms with Gasteiger partial charge in [-0.25, -0.2) is 0 Å². The summed E-state index contributed by atoms with van der Waals surface area (Å²) in [5.74, 6) is 3.50. The molecule has 2 nitrogen and oxygen atoms in total. The molecule has 0 amide bonds. The molecule has 0 aromatic carbocycles. The number of aliphatic hydroxyl groups excluding tert-OH is 1. The van der Waals surface area contributed by atoms with Crippen molar-refractivity contribution in [1.29, 1.82) is 0 Å². The largest absolute Gasteiger partial charge is 0.393 e. The van der Waals surface area contributed by atoms with E-state index in [1.54, 1.807) is 0 Å². The van der Waals surface area contributed by atoms with Crippen LogP contribution in [0.2, 0.25) is 0 Å². The lowest BCUT2D eigenvalue weighted by molar-refractivity contribution is -0.120. The van der Waals surface area contributed by atoms with Crippen LogP contribution < -0.4 is 0 Å². The van der Waals surface area contributed by atoms with Crippen LogP contribution in [0, 0.1) is 34.5 Å². The van der Waals surface area contributed by atoms with Crippen LogP contribution in [-0.2, 0) is 4.74 Å². The van der Waals surface area contributed by atoms with Crippen LogP contribution in [0.5, 0.6) is 0 Å². The number of aliphatic hydroxyl groups is 1.